The molecule has 266 valence electrons. The molecule has 0 spiro atoms. The van der Waals surface area contributed by atoms with Crippen LogP contribution in [0.25, 0.3) is 5.57 Å². The number of benzene rings is 1. The van der Waals surface area contributed by atoms with E-state index in [4.69, 9.17) is 10.5 Å². The Hall–Kier alpha value is -3.89. The molecular weight excluding hydrogens is 602 g/mol. The van der Waals surface area contributed by atoms with E-state index >= 15 is 0 Å². The lowest BCUT2D eigenvalue weighted by Gasteiger charge is -2.42. The summed E-state index contributed by atoms with van der Waals surface area (Å²) in [6.45, 7) is 20.9. The van der Waals surface area contributed by atoms with Gasteiger partial charge >= 0.3 is 6.09 Å². The summed E-state index contributed by atoms with van der Waals surface area (Å²) in [5.74, 6) is 0.0127. The molecular formula is C38H61N7O3. The fourth-order valence-corrected chi connectivity index (χ4v) is 6.10. The van der Waals surface area contributed by atoms with Crippen LogP contribution >= 0.6 is 0 Å². The lowest BCUT2D eigenvalue weighted by Crippen LogP contribution is -2.51. The molecule has 1 aromatic heterocycles. The molecule has 0 saturated carbocycles. The second-order valence-electron chi connectivity index (χ2n) is 13.1. The van der Waals surface area contributed by atoms with Crippen LogP contribution in [0.15, 0.2) is 60.7 Å². The van der Waals surface area contributed by atoms with Gasteiger partial charge in [-0.05, 0) is 76.3 Å². The van der Waals surface area contributed by atoms with E-state index in [0.717, 1.165) is 28.0 Å². The van der Waals surface area contributed by atoms with E-state index in [2.05, 4.69) is 59.4 Å². The van der Waals surface area contributed by atoms with Crippen LogP contribution in [0.1, 0.15) is 89.9 Å². The zero-order valence-corrected chi connectivity index (χ0v) is 31.5. The Labute approximate surface area is 289 Å². The summed E-state index contributed by atoms with van der Waals surface area (Å²) in [6, 6.07) is 6.20. The van der Waals surface area contributed by atoms with E-state index in [1.807, 2.05) is 91.3 Å². The molecule has 2 aromatic rings. The normalized spacial score (nSPS) is 19.7. The van der Waals surface area contributed by atoms with Crippen molar-refractivity contribution in [2.24, 2.45) is 18.7 Å². The molecule has 4 rings (SSSR count). The molecule has 1 aromatic carbocycles. The van der Waals surface area contributed by atoms with Crippen molar-refractivity contribution in [1.29, 1.82) is 0 Å². The number of likely N-dealkylation sites (N-methyl/N-ethyl adjacent to an activating group) is 1. The van der Waals surface area contributed by atoms with Crippen molar-refractivity contribution in [3.05, 3.63) is 83.1 Å². The third kappa shape index (κ3) is 10.6. The van der Waals surface area contributed by atoms with Gasteiger partial charge in [-0.3, -0.25) is 9.69 Å². The molecule has 2 heterocycles. The molecule has 10 heteroatoms. The van der Waals surface area contributed by atoms with E-state index in [0.29, 0.717) is 26.2 Å². The first-order chi connectivity index (χ1) is 22.8. The Kier molecular flexibility index (Phi) is 15.6. The van der Waals surface area contributed by atoms with E-state index in [9.17, 15) is 9.59 Å². The number of aryl methyl sites for hydroxylation is 2. The van der Waals surface area contributed by atoms with Crippen LogP contribution in [0, 0.1) is 12.8 Å². The van der Waals surface area contributed by atoms with Crippen molar-refractivity contribution in [2.45, 2.75) is 80.0 Å². The van der Waals surface area contributed by atoms with Crippen LogP contribution in [-0.4, -0.2) is 88.7 Å². The minimum absolute atomic E-state index is 0.0298. The van der Waals surface area contributed by atoms with Crippen molar-refractivity contribution in [3.8, 4) is 0 Å². The Morgan fingerprint density at radius 1 is 1.12 bits per heavy atom. The molecule has 10 nitrogen and oxygen atoms in total. The van der Waals surface area contributed by atoms with Crippen molar-refractivity contribution in [2.75, 3.05) is 46.8 Å². The molecule has 2 amide bonds. The van der Waals surface area contributed by atoms with E-state index in [-0.39, 0.29) is 30.5 Å². The standard InChI is InChI=1S/C34H49N7O3.2C2H6/c1-23-11-12-26-27(18-23)28(31(29-20-36-22-39(29)8)37-30(42)21-38(6)7)19-25(10-9-13-35)24(2)32(26)40-14-16-41(17-15-40)33(43)44-34(3,4)5;2*1-2/h9-13,18-20,22,24,31-32H,14-17,21,35H2,1-8H3,(H,37,42);2*1-2H3/b13-9-,25-10-;;/t24?,31-,32-;;/m1../s1. The third-order valence-electron chi connectivity index (χ3n) is 8.15. The molecule has 2 aliphatic rings. The highest BCUT2D eigenvalue weighted by molar-refractivity contribution is 5.84. The van der Waals surface area contributed by atoms with Gasteiger partial charge in [0, 0.05) is 45.2 Å². The second-order valence-corrected chi connectivity index (χ2v) is 13.1. The van der Waals surface area contributed by atoms with Gasteiger partial charge in [0.2, 0.25) is 5.91 Å². The molecule has 1 aliphatic heterocycles. The highest BCUT2D eigenvalue weighted by Crippen LogP contribution is 2.45. The van der Waals surface area contributed by atoms with E-state index in [1.165, 1.54) is 5.56 Å². The van der Waals surface area contributed by atoms with Crippen LogP contribution < -0.4 is 11.1 Å². The van der Waals surface area contributed by atoms with Crippen LogP contribution in [0.3, 0.4) is 0 Å². The predicted octanol–water partition coefficient (Wildman–Crippen LogP) is 6.23. The topological polar surface area (TPSA) is 109 Å². The van der Waals surface area contributed by atoms with Gasteiger partial charge in [0.05, 0.1) is 30.8 Å². The minimum atomic E-state index is -0.536. The molecule has 48 heavy (non-hydrogen) atoms. The van der Waals surface area contributed by atoms with Gasteiger partial charge in [0.1, 0.15) is 5.60 Å². The number of fused-ring (bicyclic) bond motifs is 1. The highest BCUT2D eigenvalue weighted by atomic mass is 16.6. The number of imidazole rings is 1. The average Bonchev–Trinajstić information content (AvgIpc) is 3.42. The van der Waals surface area contributed by atoms with E-state index < -0.39 is 11.6 Å². The zero-order valence-electron chi connectivity index (χ0n) is 31.5. The summed E-state index contributed by atoms with van der Waals surface area (Å²) in [5.41, 5.74) is 11.7. The van der Waals surface area contributed by atoms with Crippen molar-refractivity contribution >= 4 is 17.6 Å². The monoisotopic (exact) mass is 663 g/mol. The molecule has 1 unspecified atom stereocenters. The first-order valence-electron chi connectivity index (χ1n) is 17.3. The van der Waals surface area contributed by atoms with Crippen LogP contribution in [-0.2, 0) is 16.6 Å². The van der Waals surface area contributed by atoms with Gasteiger partial charge in [-0.15, -0.1) is 0 Å². The highest BCUT2D eigenvalue weighted by Gasteiger charge is 2.38. The molecule has 0 radical (unpaired) electrons. The largest absolute Gasteiger partial charge is 0.444 e. The SMILES string of the molecule is CC.CC.Cc1ccc2c(c1)C([C@@H](NC(=O)CN(C)C)c1cncn1C)=C/C(=C/C=C\N)C(C)[C@H]2N1CCN(C(=O)OC(C)(C)C)CC1. The number of piperazine rings is 1. The molecule has 3 atom stereocenters. The Balaban J connectivity index is 0.00000193. The maximum absolute atomic E-state index is 13.3. The molecule has 1 fully saturated rings. The summed E-state index contributed by atoms with van der Waals surface area (Å²) in [7, 11) is 5.72. The Bertz CT molecular complexity index is 1430. The van der Waals surface area contributed by atoms with Gasteiger partial charge in [-0.25, -0.2) is 9.78 Å². The van der Waals surface area contributed by atoms with Gasteiger partial charge in [0.15, 0.2) is 0 Å². The fourth-order valence-electron chi connectivity index (χ4n) is 6.10. The lowest BCUT2D eigenvalue weighted by atomic mass is 9.85. The minimum Gasteiger partial charge on any atom is -0.444 e. The number of rotatable bonds is 7. The number of carbonyl (C=O) groups excluding carboxylic acids is 2. The smallest absolute Gasteiger partial charge is 0.410 e. The number of nitrogens with one attached hydrogen (secondary N) is 1. The first kappa shape index (κ1) is 40.3. The summed E-state index contributed by atoms with van der Waals surface area (Å²) in [6.07, 6.45) is 11.0. The first-order valence-corrected chi connectivity index (χ1v) is 17.3. The number of amides is 2. The Morgan fingerprint density at radius 2 is 1.77 bits per heavy atom. The summed E-state index contributed by atoms with van der Waals surface area (Å²) < 4.78 is 7.62. The fraction of sp³-hybridized carbons (Fsp3) is 0.553. The number of aromatic nitrogens is 2. The van der Waals surface area contributed by atoms with Crippen LogP contribution in [0.4, 0.5) is 4.79 Å². The number of ether oxygens (including phenoxy) is 1. The lowest BCUT2D eigenvalue weighted by molar-refractivity contribution is -0.122. The van der Waals surface area contributed by atoms with Gasteiger partial charge in [-0.1, -0.05) is 70.5 Å². The maximum atomic E-state index is 13.3. The van der Waals surface area contributed by atoms with Gasteiger partial charge in [-0.2, -0.15) is 0 Å². The summed E-state index contributed by atoms with van der Waals surface area (Å²) in [4.78, 5) is 36.7. The second kappa shape index (κ2) is 18.6. The van der Waals surface area contributed by atoms with Crippen molar-refractivity contribution in [1.82, 2.24) is 29.6 Å². The number of carbonyl (C=O) groups is 2. The van der Waals surface area contributed by atoms with Gasteiger partial charge < -0.3 is 30.2 Å². The number of hydrogen-bond acceptors (Lipinski definition) is 7. The van der Waals surface area contributed by atoms with Crippen molar-refractivity contribution in [3.63, 3.8) is 0 Å². The summed E-state index contributed by atoms with van der Waals surface area (Å²) >= 11 is 0. The number of hydrogen-bond donors (Lipinski definition) is 2. The predicted molar refractivity (Wildman–Crippen MR) is 197 cm³/mol. The average molecular weight is 664 g/mol. The van der Waals surface area contributed by atoms with Crippen LogP contribution in [0.5, 0.6) is 0 Å². The van der Waals surface area contributed by atoms with Gasteiger partial charge in [0.25, 0.3) is 0 Å². The molecule has 3 N–H and O–H groups in total. The third-order valence-corrected chi connectivity index (χ3v) is 8.15. The molecule has 0 bridgehead atoms. The number of nitrogens with zero attached hydrogens (tertiary/aromatic N) is 5. The number of nitrogens with two attached hydrogens (primary N) is 1. The van der Waals surface area contributed by atoms with Crippen LogP contribution in [0.2, 0.25) is 0 Å². The molecule has 1 aliphatic carbocycles. The quantitative estimate of drug-likeness (QED) is 0.362. The Morgan fingerprint density at radius 3 is 2.31 bits per heavy atom. The zero-order chi connectivity index (χ0) is 36.2. The summed E-state index contributed by atoms with van der Waals surface area (Å²) in [5, 5.41) is 3.32. The molecule has 1 saturated heterocycles. The maximum Gasteiger partial charge on any atom is 0.410 e. The van der Waals surface area contributed by atoms with Crippen molar-refractivity contribution < 1.29 is 14.3 Å². The number of allylic oxidation sites excluding steroid dienone is 3. The van der Waals surface area contributed by atoms with E-state index in [1.54, 1.807) is 17.4 Å².